The lowest BCUT2D eigenvalue weighted by Crippen LogP contribution is -2.49. The fourth-order valence-electron chi connectivity index (χ4n) is 4.30. The van der Waals surface area contributed by atoms with Crippen LogP contribution in [0.5, 0.6) is 0 Å². The molecule has 5 nitrogen and oxygen atoms in total. The molecule has 0 spiro atoms. The van der Waals surface area contributed by atoms with E-state index in [0.29, 0.717) is 37.3 Å². The lowest BCUT2D eigenvalue weighted by Gasteiger charge is -2.36. The van der Waals surface area contributed by atoms with Gasteiger partial charge in [-0.05, 0) is 48.4 Å². The van der Waals surface area contributed by atoms with Crippen LogP contribution in [0.2, 0.25) is 5.02 Å². The van der Waals surface area contributed by atoms with Crippen molar-refractivity contribution in [1.82, 2.24) is 9.21 Å². The second-order valence-electron chi connectivity index (χ2n) is 9.07. The molecule has 4 rings (SSSR count). The number of piperazine rings is 1. The zero-order valence-corrected chi connectivity index (χ0v) is 21.9. The third-order valence-electron chi connectivity index (χ3n) is 6.33. The number of hydrogen-bond acceptors (Lipinski definition) is 4. The van der Waals surface area contributed by atoms with Crippen LogP contribution in [0.15, 0.2) is 77.7 Å². The monoisotopic (exact) mass is 552 g/mol. The van der Waals surface area contributed by atoms with Gasteiger partial charge in [-0.25, -0.2) is 8.42 Å². The molecule has 1 aliphatic heterocycles. The highest BCUT2D eigenvalue weighted by Gasteiger charge is 2.34. The lowest BCUT2D eigenvalue weighted by atomic mass is 10.1. The normalized spacial score (nSPS) is 16.6. The summed E-state index contributed by atoms with van der Waals surface area (Å²) in [5.74, 6) is 0. The van der Waals surface area contributed by atoms with Gasteiger partial charge in [-0.2, -0.15) is 17.5 Å². The summed E-state index contributed by atoms with van der Waals surface area (Å²) in [5.41, 5.74) is 2.16. The van der Waals surface area contributed by atoms with Crippen LogP contribution in [0.25, 0.3) is 0 Å². The van der Waals surface area contributed by atoms with E-state index < -0.39 is 21.8 Å². The van der Waals surface area contributed by atoms with Crippen molar-refractivity contribution in [2.24, 2.45) is 0 Å². The van der Waals surface area contributed by atoms with Crippen molar-refractivity contribution in [3.05, 3.63) is 100 Å². The number of alkyl halides is 3. The molecular formula is C27H28ClF3N2O3S. The van der Waals surface area contributed by atoms with E-state index in [9.17, 15) is 21.6 Å². The number of ether oxygens (including phenoxy) is 1. The van der Waals surface area contributed by atoms with E-state index in [4.69, 9.17) is 16.3 Å². The molecule has 0 N–H and O–H groups in total. The summed E-state index contributed by atoms with van der Waals surface area (Å²) in [7, 11) is -4.04. The van der Waals surface area contributed by atoms with Gasteiger partial charge in [0.2, 0.25) is 10.0 Å². The minimum atomic E-state index is -4.61. The van der Waals surface area contributed by atoms with E-state index in [1.165, 1.54) is 10.4 Å². The highest BCUT2D eigenvalue weighted by Crippen LogP contribution is 2.31. The van der Waals surface area contributed by atoms with Gasteiger partial charge in [-0.3, -0.25) is 4.90 Å². The molecule has 3 aromatic rings. The quantitative estimate of drug-likeness (QED) is 0.347. The second kappa shape index (κ2) is 11.5. The molecule has 0 bridgehead atoms. The van der Waals surface area contributed by atoms with Crippen molar-refractivity contribution in [2.75, 3.05) is 32.7 Å². The predicted molar refractivity (Wildman–Crippen MR) is 137 cm³/mol. The van der Waals surface area contributed by atoms with E-state index in [1.807, 2.05) is 37.3 Å². The van der Waals surface area contributed by atoms with E-state index in [1.54, 1.807) is 12.1 Å². The molecule has 3 aromatic carbocycles. The van der Waals surface area contributed by atoms with Gasteiger partial charge in [0.05, 0.1) is 23.2 Å². The van der Waals surface area contributed by atoms with Gasteiger partial charge in [-0.15, -0.1) is 0 Å². The van der Waals surface area contributed by atoms with Crippen LogP contribution in [-0.4, -0.2) is 50.3 Å². The molecule has 10 heteroatoms. The Balaban J connectivity index is 1.43. The number of aryl methyl sites for hydroxylation is 1. The van der Waals surface area contributed by atoms with Gasteiger partial charge < -0.3 is 4.74 Å². The zero-order valence-electron chi connectivity index (χ0n) is 20.3. The lowest BCUT2D eigenvalue weighted by molar-refractivity contribution is -0.137. The maximum Gasteiger partial charge on any atom is 0.416 e. The number of sulfonamides is 1. The van der Waals surface area contributed by atoms with Crippen LogP contribution >= 0.6 is 11.6 Å². The Morgan fingerprint density at radius 1 is 0.946 bits per heavy atom. The number of benzene rings is 3. The summed E-state index contributed by atoms with van der Waals surface area (Å²) in [6.45, 7) is 4.16. The van der Waals surface area contributed by atoms with Crippen molar-refractivity contribution in [3.63, 3.8) is 0 Å². The fourth-order valence-corrected chi connectivity index (χ4v) is 5.89. The first-order valence-electron chi connectivity index (χ1n) is 11.8. The summed E-state index contributed by atoms with van der Waals surface area (Å²) in [5, 5.41) is 0.620. The molecule has 0 aromatic heterocycles. The molecule has 0 amide bonds. The summed E-state index contributed by atoms with van der Waals surface area (Å²) < 4.78 is 72.9. The summed E-state index contributed by atoms with van der Waals surface area (Å²) in [4.78, 5) is 1.75. The summed E-state index contributed by atoms with van der Waals surface area (Å²) >= 11 is 6.07. The van der Waals surface area contributed by atoms with Crippen molar-refractivity contribution in [3.8, 4) is 0 Å². The Morgan fingerprint density at radius 2 is 1.62 bits per heavy atom. The Bertz CT molecular complexity index is 1310. The minimum absolute atomic E-state index is 0.170. The smallest absolute Gasteiger partial charge is 0.368 e. The van der Waals surface area contributed by atoms with E-state index in [-0.39, 0.29) is 24.1 Å². The number of halogens is 4. The topological polar surface area (TPSA) is 49.9 Å². The summed E-state index contributed by atoms with van der Waals surface area (Å²) in [6, 6.07) is 19.4. The number of hydrogen-bond donors (Lipinski definition) is 0. The average molecular weight is 553 g/mol. The van der Waals surface area contributed by atoms with E-state index in [0.717, 1.165) is 28.8 Å². The molecule has 0 saturated carbocycles. The van der Waals surface area contributed by atoms with E-state index in [2.05, 4.69) is 11.0 Å². The first-order chi connectivity index (χ1) is 17.5. The molecular weight excluding hydrogens is 525 g/mol. The first kappa shape index (κ1) is 27.6. The molecule has 1 fully saturated rings. The second-order valence-corrected chi connectivity index (χ2v) is 11.4. The summed E-state index contributed by atoms with van der Waals surface area (Å²) in [6.07, 6.45) is -4.89. The standard InChI is InChI=1S/C27H28ClF3N2O3S/c1-20-4-2-5-21(16-20)19-36-26(22-8-10-24(28)11-9-22)18-32-12-14-33(15-13-32)37(34,35)25-7-3-6-23(17-25)27(29,30)31/h2-11,16-17,26H,12-15,18-19H2,1H3/t26-/m0/s1. The molecule has 1 heterocycles. The van der Waals surface area contributed by atoms with Crippen molar-refractivity contribution >= 4 is 21.6 Å². The van der Waals surface area contributed by atoms with Gasteiger partial charge in [0.1, 0.15) is 0 Å². The molecule has 0 unspecified atom stereocenters. The maximum absolute atomic E-state index is 13.1. The fraction of sp³-hybridized carbons (Fsp3) is 0.333. The molecule has 0 aliphatic carbocycles. The van der Waals surface area contributed by atoms with Gasteiger partial charge in [0, 0.05) is 37.7 Å². The van der Waals surface area contributed by atoms with Crippen LogP contribution in [-0.2, 0) is 27.5 Å². The van der Waals surface area contributed by atoms with Crippen LogP contribution in [0.1, 0.15) is 28.4 Å². The Labute approximate surface area is 220 Å². The van der Waals surface area contributed by atoms with Gasteiger partial charge in [0.15, 0.2) is 0 Å². The molecule has 37 heavy (non-hydrogen) atoms. The highest BCUT2D eigenvalue weighted by molar-refractivity contribution is 7.89. The maximum atomic E-state index is 13.1. The zero-order chi connectivity index (χ0) is 26.6. The average Bonchev–Trinajstić information content (AvgIpc) is 2.87. The van der Waals surface area contributed by atoms with Crippen molar-refractivity contribution in [2.45, 2.75) is 30.7 Å². The number of nitrogens with zero attached hydrogens (tertiary/aromatic N) is 2. The van der Waals surface area contributed by atoms with Crippen LogP contribution in [0.4, 0.5) is 13.2 Å². The Morgan fingerprint density at radius 3 is 2.27 bits per heavy atom. The largest absolute Gasteiger partial charge is 0.416 e. The predicted octanol–water partition coefficient (Wildman–Crippen LogP) is 5.93. The molecule has 0 radical (unpaired) electrons. The Kier molecular flexibility index (Phi) is 8.60. The van der Waals surface area contributed by atoms with Crippen molar-refractivity contribution < 1.29 is 26.3 Å². The minimum Gasteiger partial charge on any atom is -0.368 e. The SMILES string of the molecule is Cc1cccc(CO[C@@H](CN2CCN(S(=O)(=O)c3cccc(C(F)(F)F)c3)CC2)c2ccc(Cl)cc2)c1. The van der Waals surface area contributed by atoms with E-state index >= 15 is 0 Å². The van der Waals surface area contributed by atoms with Crippen molar-refractivity contribution in [1.29, 1.82) is 0 Å². The van der Waals surface area contributed by atoms with Crippen LogP contribution in [0.3, 0.4) is 0 Å². The first-order valence-corrected chi connectivity index (χ1v) is 13.7. The van der Waals surface area contributed by atoms with Gasteiger partial charge in [0.25, 0.3) is 0 Å². The molecule has 1 aliphatic rings. The highest BCUT2D eigenvalue weighted by atomic mass is 35.5. The molecule has 198 valence electrons. The van der Waals surface area contributed by atoms with Crippen LogP contribution < -0.4 is 0 Å². The van der Waals surface area contributed by atoms with Gasteiger partial charge >= 0.3 is 6.18 Å². The van der Waals surface area contributed by atoms with Gasteiger partial charge in [-0.1, -0.05) is 59.6 Å². The Hall–Kier alpha value is -2.43. The third kappa shape index (κ3) is 7.12. The number of rotatable bonds is 8. The molecule has 1 saturated heterocycles. The molecule has 1 atom stereocenters. The third-order valence-corrected chi connectivity index (χ3v) is 8.48. The van der Waals surface area contributed by atoms with Crippen LogP contribution in [0, 0.1) is 6.92 Å².